The number of hydrogen-bond acceptors (Lipinski definition) is 4. The summed E-state index contributed by atoms with van der Waals surface area (Å²) in [6.07, 6.45) is 10.3. The van der Waals surface area contributed by atoms with Gasteiger partial charge in [-0.3, -0.25) is 9.38 Å². The van der Waals surface area contributed by atoms with Gasteiger partial charge in [-0.05, 0) is 48.4 Å². The lowest BCUT2D eigenvalue weighted by atomic mass is 9.95. The summed E-state index contributed by atoms with van der Waals surface area (Å²) in [5.41, 5.74) is 3.46. The van der Waals surface area contributed by atoms with Gasteiger partial charge in [-0.25, -0.2) is 4.98 Å². The number of nitrogens with zero attached hydrogens (tertiary/aromatic N) is 3. The van der Waals surface area contributed by atoms with E-state index in [1.54, 1.807) is 11.3 Å². The van der Waals surface area contributed by atoms with E-state index in [1.165, 1.54) is 37.8 Å². The van der Waals surface area contributed by atoms with Crippen LogP contribution in [0.3, 0.4) is 0 Å². The number of fused-ring (bicyclic) bond motifs is 1. The van der Waals surface area contributed by atoms with Gasteiger partial charge in [0.2, 0.25) is 0 Å². The van der Waals surface area contributed by atoms with Gasteiger partial charge >= 0.3 is 0 Å². The van der Waals surface area contributed by atoms with Gasteiger partial charge in [0.15, 0.2) is 4.96 Å². The predicted molar refractivity (Wildman–Crippen MR) is 104 cm³/mol. The molecule has 0 spiro atoms. The molecule has 3 heterocycles. The first kappa shape index (κ1) is 15.4. The summed E-state index contributed by atoms with van der Waals surface area (Å²) in [5.74, 6) is 1.15. The number of aromatic nitrogens is 3. The minimum atomic E-state index is 0.557. The van der Waals surface area contributed by atoms with Gasteiger partial charge in [0.25, 0.3) is 0 Å². The van der Waals surface area contributed by atoms with Gasteiger partial charge in [0, 0.05) is 38.6 Å². The van der Waals surface area contributed by atoms with Crippen LogP contribution in [0.1, 0.15) is 37.8 Å². The summed E-state index contributed by atoms with van der Waals surface area (Å²) in [6, 6.07) is 2.62. The van der Waals surface area contributed by atoms with Crippen LogP contribution in [0.25, 0.3) is 16.2 Å². The second-order valence-electron chi connectivity index (χ2n) is 6.14. The summed E-state index contributed by atoms with van der Waals surface area (Å²) in [5, 5.41) is 5.98. The average molecular weight is 438 g/mol. The van der Waals surface area contributed by atoms with Gasteiger partial charge in [-0.1, -0.05) is 19.3 Å². The molecular formula is C17H19IN4S. The highest BCUT2D eigenvalue weighted by molar-refractivity contribution is 14.1. The molecule has 6 heteroatoms. The summed E-state index contributed by atoms with van der Waals surface area (Å²) < 4.78 is 3.41. The van der Waals surface area contributed by atoms with Crippen LogP contribution in [0.2, 0.25) is 0 Å². The number of nitrogens with one attached hydrogen (secondary N) is 1. The Morgan fingerprint density at radius 1 is 1.30 bits per heavy atom. The zero-order valence-corrected chi connectivity index (χ0v) is 16.0. The maximum Gasteiger partial charge on any atom is 0.196 e. The number of halogens is 1. The fourth-order valence-electron chi connectivity index (χ4n) is 3.33. The predicted octanol–water partition coefficient (Wildman–Crippen LogP) is 5.12. The first-order valence-electron chi connectivity index (χ1n) is 8.07. The third-order valence-electron chi connectivity index (χ3n) is 4.51. The lowest BCUT2D eigenvalue weighted by molar-refractivity contribution is 0.461. The third kappa shape index (κ3) is 2.87. The van der Waals surface area contributed by atoms with Crippen molar-refractivity contribution in [1.82, 2.24) is 14.4 Å². The number of thiazole rings is 1. The molecule has 120 valence electrons. The van der Waals surface area contributed by atoms with Gasteiger partial charge in [0.05, 0.1) is 0 Å². The Morgan fingerprint density at radius 3 is 2.91 bits per heavy atom. The number of pyridine rings is 1. The van der Waals surface area contributed by atoms with E-state index in [-0.39, 0.29) is 0 Å². The Labute approximate surface area is 153 Å². The standard InChI is InChI=1S/C17H19IN4S/c1-11-10-23-17-21-15(13-7-8-19-9-14(13)18)16(22(11)17)20-12-5-3-2-4-6-12/h7-10,12,20H,2-6H2,1H3. The van der Waals surface area contributed by atoms with Gasteiger partial charge < -0.3 is 5.32 Å². The summed E-state index contributed by atoms with van der Waals surface area (Å²) in [6.45, 7) is 2.15. The summed E-state index contributed by atoms with van der Waals surface area (Å²) >= 11 is 4.05. The number of anilines is 1. The summed E-state index contributed by atoms with van der Waals surface area (Å²) in [4.78, 5) is 10.2. The van der Waals surface area contributed by atoms with Crippen LogP contribution < -0.4 is 5.32 Å². The molecule has 1 saturated carbocycles. The number of rotatable bonds is 3. The van der Waals surface area contributed by atoms with E-state index in [1.807, 2.05) is 12.4 Å². The van der Waals surface area contributed by atoms with Gasteiger partial charge in [-0.15, -0.1) is 11.3 Å². The molecule has 23 heavy (non-hydrogen) atoms. The maximum atomic E-state index is 4.92. The smallest absolute Gasteiger partial charge is 0.196 e. The normalized spacial score (nSPS) is 16.1. The van der Waals surface area contributed by atoms with E-state index in [2.05, 4.69) is 55.7 Å². The second-order valence-corrected chi connectivity index (χ2v) is 8.14. The number of imidazole rings is 1. The van der Waals surface area contributed by atoms with Crippen molar-refractivity contribution in [1.29, 1.82) is 0 Å². The Kier molecular flexibility index (Phi) is 4.27. The van der Waals surface area contributed by atoms with E-state index in [4.69, 9.17) is 4.98 Å². The van der Waals surface area contributed by atoms with Gasteiger partial charge in [0.1, 0.15) is 11.5 Å². The van der Waals surface area contributed by atoms with Crippen LogP contribution in [-0.4, -0.2) is 20.4 Å². The van der Waals surface area contributed by atoms with E-state index in [0.717, 1.165) is 25.6 Å². The molecule has 3 aromatic heterocycles. The zero-order chi connectivity index (χ0) is 15.8. The minimum Gasteiger partial charge on any atom is -0.367 e. The van der Waals surface area contributed by atoms with Gasteiger partial charge in [-0.2, -0.15) is 0 Å². The molecule has 1 fully saturated rings. The highest BCUT2D eigenvalue weighted by Gasteiger charge is 2.22. The topological polar surface area (TPSA) is 42.2 Å². The molecule has 3 aromatic rings. The van der Waals surface area contributed by atoms with Crippen molar-refractivity contribution in [3.8, 4) is 11.3 Å². The molecule has 0 aromatic carbocycles. The van der Waals surface area contributed by atoms with Crippen LogP contribution >= 0.6 is 33.9 Å². The highest BCUT2D eigenvalue weighted by atomic mass is 127. The molecule has 0 amide bonds. The molecule has 4 nitrogen and oxygen atoms in total. The average Bonchev–Trinajstić information content (AvgIpc) is 3.10. The van der Waals surface area contributed by atoms with Crippen molar-refractivity contribution >= 4 is 44.7 Å². The first-order chi connectivity index (χ1) is 11.2. The monoisotopic (exact) mass is 438 g/mol. The van der Waals surface area contributed by atoms with Crippen LogP contribution in [0.5, 0.6) is 0 Å². The Bertz CT molecular complexity index is 832. The van der Waals surface area contributed by atoms with Crippen molar-refractivity contribution in [2.75, 3.05) is 5.32 Å². The molecule has 1 aliphatic carbocycles. The fourth-order valence-corrected chi connectivity index (χ4v) is 4.79. The molecule has 1 N–H and O–H groups in total. The molecule has 0 saturated heterocycles. The van der Waals surface area contributed by atoms with Crippen LogP contribution in [-0.2, 0) is 0 Å². The molecular weight excluding hydrogens is 419 g/mol. The molecule has 0 atom stereocenters. The van der Waals surface area contributed by atoms with Crippen molar-refractivity contribution in [3.05, 3.63) is 33.1 Å². The zero-order valence-electron chi connectivity index (χ0n) is 13.1. The largest absolute Gasteiger partial charge is 0.367 e. The Balaban J connectivity index is 1.83. The van der Waals surface area contributed by atoms with E-state index in [0.29, 0.717) is 6.04 Å². The molecule has 0 unspecified atom stereocenters. The Morgan fingerprint density at radius 2 is 2.13 bits per heavy atom. The van der Waals surface area contributed by atoms with Crippen LogP contribution in [0.4, 0.5) is 5.82 Å². The lowest BCUT2D eigenvalue weighted by Gasteiger charge is -2.24. The van der Waals surface area contributed by atoms with Crippen LogP contribution in [0, 0.1) is 10.5 Å². The van der Waals surface area contributed by atoms with Crippen molar-refractivity contribution in [3.63, 3.8) is 0 Å². The summed E-state index contributed by atoms with van der Waals surface area (Å²) in [7, 11) is 0. The molecule has 0 bridgehead atoms. The quantitative estimate of drug-likeness (QED) is 0.578. The number of aryl methyl sites for hydroxylation is 1. The van der Waals surface area contributed by atoms with Crippen molar-refractivity contribution < 1.29 is 0 Å². The maximum absolute atomic E-state index is 4.92. The minimum absolute atomic E-state index is 0.557. The Hall–Kier alpha value is -1.15. The molecule has 4 rings (SSSR count). The third-order valence-corrected chi connectivity index (χ3v) is 6.31. The van der Waals surface area contributed by atoms with Crippen molar-refractivity contribution in [2.24, 2.45) is 0 Å². The SMILES string of the molecule is Cc1csc2nc(-c3ccncc3I)c(NC3CCCCC3)n12. The van der Waals surface area contributed by atoms with Crippen molar-refractivity contribution in [2.45, 2.75) is 45.1 Å². The van der Waals surface area contributed by atoms with E-state index in [9.17, 15) is 0 Å². The molecule has 0 radical (unpaired) electrons. The molecule has 0 aliphatic heterocycles. The second kappa shape index (κ2) is 6.39. The molecule has 1 aliphatic rings. The first-order valence-corrected chi connectivity index (χ1v) is 10.0. The van der Waals surface area contributed by atoms with Crippen LogP contribution in [0.15, 0.2) is 23.8 Å². The fraction of sp³-hybridized carbons (Fsp3) is 0.412. The van der Waals surface area contributed by atoms with E-state index < -0.39 is 0 Å². The number of hydrogen-bond donors (Lipinski definition) is 1. The lowest BCUT2D eigenvalue weighted by Crippen LogP contribution is -2.23. The van der Waals surface area contributed by atoms with E-state index >= 15 is 0 Å². The highest BCUT2D eigenvalue weighted by Crippen LogP contribution is 2.35.